The quantitative estimate of drug-likeness (QED) is 0.773. The van der Waals surface area contributed by atoms with E-state index in [4.69, 9.17) is 4.74 Å². The molecule has 2 aliphatic heterocycles. The van der Waals surface area contributed by atoms with E-state index in [1.54, 1.807) is 0 Å². The van der Waals surface area contributed by atoms with Crippen LogP contribution >= 0.6 is 0 Å². The standard InChI is InChI=1S/C14H20N2O.C2H6/c1-12-2-4-13(5-3-12)16-7-6-15-8-9-17-11-14(15)10-16;1-2/h2-5,14H,6-11H2,1H3;1-2H3. The van der Waals surface area contributed by atoms with E-state index in [0.717, 1.165) is 32.8 Å². The molecule has 3 rings (SSSR count). The van der Waals surface area contributed by atoms with Crippen molar-refractivity contribution < 1.29 is 4.74 Å². The second-order valence-corrected chi connectivity index (χ2v) is 5.05. The van der Waals surface area contributed by atoms with E-state index in [0.29, 0.717) is 6.04 Å². The molecule has 0 radical (unpaired) electrons. The van der Waals surface area contributed by atoms with Crippen LogP contribution in [0.25, 0.3) is 0 Å². The predicted molar refractivity (Wildman–Crippen MR) is 80.9 cm³/mol. The SMILES string of the molecule is CC.Cc1ccc(N2CCN3CCOCC3C2)cc1. The zero-order valence-corrected chi connectivity index (χ0v) is 12.4. The summed E-state index contributed by atoms with van der Waals surface area (Å²) >= 11 is 0. The van der Waals surface area contributed by atoms with Gasteiger partial charge < -0.3 is 9.64 Å². The van der Waals surface area contributed by atoms with Gasteiger partial charge in [-0.25, -0.2) is 0 Å². The maximum atomic E-state index is 5.57. The maximum absolute atomic E-state index is 5.57. The lowest BCUT2D eigenvalue weighted by Gasteiger charge is -2.44. The first-order valence-electron chi connectivity index (χ1n) is 7.46. The fraction of sp³-hybridized carbons (Fsp3) is 0.625. The smallest absolute Gasteiger partial charge is 0.0639 e. The Kier molecular flexibility index (Phi) is 5.23. The third-order valence-corrected chi connectivity index (χ3v) is 3.84. The average Bonchev–Trinajstić information content (AvgIpc) is 2.49. The summed E-state index contributed by atoms with van der Waals surface area (Å²) in [5.41, 5.74) is 2.68. The lowest BCUT2D eigenvalue weighted by molar-refractivity contribution is -0.0116. The lowest BCUT2D eigenvalue weighted by atomic mass is 10.1. The van der Waals surface area contributed by atoms with Gasteiger partial charge in [-0.15, -0.1) is 0 Å². The number of hydrogen-bond acceptors (Lipinski definition) is 3. The van der Waals surface area contributed by atoms with E-state index in [9.17, 15) is 0 Å². The highest BCUT2D eigenvalue weighted by molar-refractivity contribution is 5.48. The number of hydrogen-bond donors (Lipinski definition) is 0. The van der Waals surface area contributed by atoms with Gasteiger partial charge in [-0.05, 0) is 19.1 Å². The van der Waals surface area contributed by atoms with Crippen LogP contribution in [0.2, 0.25) is 0 Å². The zero-order valence-electron chi connectivity index (χ0n) is 12.4. The molecule has 3 nitrogen and oxygen atoms in total. The number of aryl methyl sites for hydroxylation is 1. The van der Waals surface area contributed by atoms with E-state index in [2.05, 4.69) is 41.0 Å². The second kappa shape index (κ2) is 6.92. The van der Waals surface area contributed by atoms with Crippen molar-refractivity contribution in [3.8, 4) is 0 Å². The number of ether oxygens (including phenoxy) is 1. The summed E-state index contributed by atoms with van der Waals surface area (Å²) in [5.74, 6) is 0. The van der Waals surface area contributed by atoms with Crippen LogP contribution in [-0.2, 0) is 4.74 Å². The molecule has 1 unspecified atom stereocenters. The third-order valence-electron chi connectivity index (χ3n) is 3.84. The van der Waals surface area contributed by atoms with Gasteiger partial charge in [-0.1, -0.05) is 31.5 Å². The Hall–Kier alpha value is -1.06. The van der Waals surface area contributed by atoms with Gasteiger partial charge in [-0.3, -0.25) is 4.90 Å². The van der Waals surface area contributed by atoms with Crippen LogP contribution in [0.15, 0.2) is 24.3 Å². The van der Waals surface area contributed by atoms with Crippen LogP contribution in [0.3, 0.4) is 0 Å². The van der Waals surface area contributed by atoms with E-state index in [1.165, 1.54) is 17.8 Å². The minimum absolute atomic E-state index is 0.582. The molecule has 0 spiro atoms. The van der Waals surface area contributed by atoms with Crippen molar-refractivity contribution in [1.29, 1.82) is 0 Å². The Morgan fingerprint density at radius 1 is 1.05 bits per heavy atom. The molecule has 0 N–H and O–H groups in total. The first-order valence-corrected chi connectivity index (χ1v) is 7.46. The number of fused-ring (bicyclic) bond motifs is 1. The molecule has 2 saturated heterocycles. The lowest BCUT2D eigenvalue weighted by Crippen LogP contribution is -2.58. The van der Waals surface area contributed by atoms with Gasteiger partial charge in [0.25, 0.3) is 0 Å². The zero-order chi connectivity index (χ0) is 13.7. The Labute approximate surface area is 117 Å². The van der Waals surface area contributed by atoms with Crippen molar-refractivity contribution in [2.45, 2.75) is 26.8 Å². The monoisotopic (exact) mass is 262 g/mol. The number of rotatable bonds is 1. The normalized spacial score (nSPS) is 23.3. The molecule has 0 aromatic heterocycles. The Balaban J connectivity index is 0.000000637. The van der Waals surface area contributed by atoms with Crippen LogP contribution in [-0.4, -0.2) is 50.3 Å². The molecule has 0 saturated carbocycles. The average molecular weight is 262 g/mol. The molecule has 19 heavy (non-hydrogen) atoms. The molecule has 2 heterocycles. The predicted octanol–water partition coefficient (Wildman–Crippen LogP) is 2.54. The molecule has 0 amide bonds. The topological polar surface area (TPSA) is 15.7 Å². The fourth-order valence-electron chi connectivity index (χ4n) is 2.74. The van der Waals surface area contributed by atoms with Gasteiger partial charge in [0.05, 0.1) is 19.3 Å². The number of nitrogens with zero attached hydrogens (tertiary/aromatic N) is 2. The van der Waals surface area contributed by atoms with E-state index < -0.39 is 0 Å². The van der Waals surface area contributed by atoms with Crippen LogP contribution in [0.5, 0.6) is 0 Å². The maximum Gasteiger partial charge on any atom is 0.0639 e. The first-order chi connectivity index (χ1) is 9.33. The summed E-state index contributed by atoms with van der Waals surface area (Å²) in [4.78, 5) is 5.05. The van der Waals surface area contributed by atoms with Crippen LogP contribution < -0.4 is 4.90 Å². The van der Waals surface area contributed by atoms with Crippen LogP contribution in [0, 0.1) is 6.92 Å². The van der Waals surface area contributed by atoms with Gasteiger partial charge >= 0.3 is 0 Å². The number of anilines is 1. The molecule has 106 valence electrons. The van der Waals surface area contributed by atoms with Crippen molar-refractivity contribution in [2.24, 2.45) is 0 Å². The largest absolute Gasteiger partial charge is 0.378 e. The van der Waals surface area contributed by atoms with Gasteiger partial charge in [0.1, 0.15) is 0 Å². The van der Waals surface area contributed by atoms with Gasteiger partial charge in [0.15, 0.2) is 0 Å². The van der Waals surface area contributed by atoms with Crippen molar-refractivity contribution in [2.75, 3.05) is 44.3 Å². The van der Waals surface area contributed by atoms with Gasteiger partial charge in [-0.2, -0.15) is 0 Å². The minimum Gasteiger partial charge on any atom is -0.378 e. The summed E-state index contributed by atoms with van der Waals surface area (Å²) < 4.78 is 5.57. The van der Waals surface area contributed by atoms with Gasteiger partial charge in [0.2, 0.25) is 0 Å². The van der Waals surface area contributed by atoms with E-state index in [-0.39, 0.29) is 0 Å². The molecular formula is C16H26N2O. The molecule has 1 aromatic carbocycles. The highest BCUT2D eigenvalue weighted by Crippen LogP contribution is 2.21. The Morgan fingerprint density at radius 3 is 2.53 bits per heavy atom. The highest BCUT2D eigenvalue weighted by Gasteiger charge is 2.29. The number of benzene rings is 1. The van der Waals surface area contributed by atoms with Crippen molar-refractivity contribution in [1.82, 2.24) is 4.90 Å². The summed E-state index contributed by atoms with van der Waals surface area (Å²) in [6, 6.07) is 9.43. The fourth-order valence-corrected chi connectivity index (χ4v) is 2.74. The van der Waals surface area contributed by atoms with E-state index in [1.807, 2.05) is 13.8 Å². The van der Waals surface area contributed by atoms with Gasteiger partial charge in [0, 0.05) is 31.9 Å². The second-order valence-electron chi connectivity index (χ2n) is 5.05. The molecule has 2 fully saturated rings. The molecule has 1 aromatic rings. The molecule has 2 aliphatic rings. The molecule has 3 heteroatoms. The number of morpholine rings is 1. The third kappa shape index (κ3) is 3.48. The molecule has 0 bridgehead atoms. The molecule has 1 atom stereocenters. The Bertz CT molecular complexity index is 377. The number of piperazine rings is 1. The van der Waals surface area contributed by atoms with E-state index >= 15 is 0 Å². The summed E-state index contributed by atoms with van der Waals surface area (Å²) in [6.07, 6.45) is 0. The summed E-state index contributed by atoms with van der Waals surface area (Å²) in [5, 5.41) is 0. The first kappa shape index (κ1) is 14.4. The Morgan fingerprint density at radius 2 is 1.79 bits per heavy atom. The molecular weight excluding hydrogens is 236 g/mol. The van der Waals surface area contributed by atoms with Crippen molar-refractivity contribution >= 4 is 5.69 Å². The van der Waals surface area contributed by atoms with Crippen molar-refractivity contribution in [3.63, 3.8) is 0 Å². The van der Waals surface area contributed by atoms with Crippen LogP contribution in [0.1, 0.15) is 19.4 Å². The van der Waals surface area contributed by atoms with Crippen LogP contribution in [0.4, 0.5) is 5.69 Å². The summed E-state index contributed by atoms with van der Waals surface area (Å²) in [7, 11) is 0. The minimum atomic E-state index is 0.582. The highest BCUT2D eigenvalue weighted by atomic mass is 16.5. The molecule has 0 aliphatic carbocycles. The van der Waals surface area contributed by atoms with Crippen molar-refractivity contribution in [3.05, 3.63) is 29.8 Å². The summed E-state index contributed by atoms with van der Waals surface area (Å²) in [6.45, 7) is 12.4.